The summed E-state index contributed by atoms with van der Waals surface area (Å²) in [6, 6.07) is 5.95. The lowest BCUT2D eigenvalue weighted by Crippen LogP contribution is -2.40. The maximum Gasteiger partial charge on any atom is 0.223 e. The predicted molar refractivity (Wildman–Crippen MR) is 101 cm³/mol. The van der Waals surface area contributed by atoms with E-state index in [4.69, 9.17) is 0 Å². The smallest absolute Gasteiger partial charge is 0.223 e. The Labute approximate surface area is 156 Å². The number of rotatable bonds is 4. The molecule has 3 aliphatic rings. The molecule has 4 rings (SSSR count). The van der Waals surface area contributed by atoms with E-state index < -0.39 is 9.84 Å². The maximum absolute atomic E-state index is 12.7. The zero-order valence-electron chi connectivity index (χ0n) is 15.3. The number of nitrogens with zero attached hydrogens (tertiary/aromatic N) is 2. The second kappa shape index (κ2) is 7.31. The molecule has 6 heteroatoms. The van der Waals surface area contributed by atoms with E-state index in [-0.39, 0.29) is 18.1 Å². The quantitative estimate of drug-likeness (QED) is 0.807. The number of benzene rings is 1. The van der Waals surface area contributed by atoms with Crippen molar-refractivity contribution in [1.82, 2.24) is 9.80 Å². The van der Waals surface area contributed by atoms with Crippen molar-refractivity contribution in [3.05, 3.63) is 29.3 Å². The molecule has 1 aromatic carbocycles. The van der Waals surface area contributed by atoms with Crippen molar-refractivity contribution >= 4 is 15.7 Å². The first-order chi connectivity index (χ1) is 12.5. The summed E-state index contributed by atoms with van der Waals surface area (Å²) in [4.78, 5) is 17.4. The summed E-state index contributed by atoms with van der Waals surface area (Å²) < 4.78 is 25.4. The summed E-state index contributed by atoms with van der Waals surface area (Å²) in [7, 11) is -3.40. The third kappa shape index (κ3) is 3.67. The van der Waals surface area contributed by atoms with Crippen LogP contribution in [0.5, 0.6) is 0 Å². The molecule has 0 radical (unpaired) electrons. The number of aryl methyl sites for hydroxylation is 2. The first kappa shape index (κ1) is 18.0. The Bertz CT molecular complexity index is 790. The zero-order valence-corrected chi connectivity index (χ0v) is 16.1. The van der Waals surface area contributed by atoms with Gasteiger partial charge in [-0.15, -0.1) is 0 Å². The van der Waals surface area contributed by atoms with Gasteiger partial charge in [0.05, 0.1) is 10.6 Å². The first-order valence-electron chi connectivity index (χ1n) is 9.89. The summed E-state index contributed by atoms with van der Waals surface area (Å²) in [6.45, 7) is 3.71. The molecule has 1 unspecified atom stereocenters. The van der Waals surface area contributed by atoms with Gasteiger partial charge in [-0.1, -0.05) is 6.07 Å². The molecule has 0 bridgehead atoms. The van der Waals surface area contributed by atoms with Gasteiger partial charge in [0.1, 0.15) is 0 Å². The molecule has 1 aliphatic carbocycles. The molecule has 1 atom stereocenters. The number of carbonyl (C=O) groups excluding carboxylic acids is 1. The van der Waals surface area contributed by atoms with E-state index in [1.54, 1.807) is 6.07 Å². The molecule has 0 aromatic heterocycles. The minimum Gasteiger partial charge on any atom is -0.341 e. The molecule has 2 heterocycles. The molecule has 1 aromatic rings. The van der Waals surface area contributed by atoms with Crippen LogP contribution in [0.3, 0.4) is 0 Å². The topological polar surface area (TPSA) is 57.7 Å². The lowest BCUT2D eigenvalue weighted by Gasteiger charge is -2.25. The molecule has 26 heavy (non-hydrogen) atoms. The van der Waals surface area contributed by atoms with Gasteiger partial charge in [-0.2, -0.15) is 0 Å². The van der Waals surface area contributed by atoms with Crippen LogP contribution in [-0.4, -0.2) is 62.1 Å². The largest absolute Gasteiger partial charge is 0.341 e. The summed E-state index contributed by atoms with van der Waals surface area (Å²) >= 11 is 0. The van der Waals surface area contributed by atoms with Crippen LogP contribution in [0, 0.1) is 0 Å². The predicted octanol–water partition coefficient (Wildman–Crippen LogP) is 2.04. The Morgan fingerprint density at radius 2 is 1.85 bits per heavy atom. The number of fused-ring (bicyclic) bond motifs is 2. The standard InChI is InChI=1S/C20H28N2O3S/c23-20(22-12-3-11-21-10-2-6-18(21)15-22)9-13-26(24,25)19-8-7-16-4-1-5-17(16)14-19/h7-8,14,18H,1-6,9-13,15H2. The van der Waals surface area contributed by atoms with Crippen molar-refractivity contribution in [2.45, 2.75) is 55.9 Å². The lowest BCUT2D eigenvalue weighted by atomic mass is 10.1. The third-order valence-corrected chi connectivity index (χ3v) is 7.88. The van der Waals surface area contributed by atoms with E-state index in [0.29, 0.717) is 10.9 Å². The highest BCUT2D eigenvalue weighted by Crippen LogP contribution is 2.26. The van der Waals surface area contributed by atoms with Crippen molar-refractivity contribution < 1.29 is 13.2 Å². The Morgan fingerprint density at radius 1 is 1.04 bits per heavy atom. The summed E-state index contributed by atoms with van der Waals surface area (Å²) in [5, 5.41) is 0. The van der Waals surface area contributed by atoms with E-state index in [9.17, 15) is 13.2 Å². The van der Waals surface area contributed by atoms with Crippen LogP contribution in [0.1, 0.15) is 43.2 Å². The minimum atomic E-state index is -3.40. The van der Waals surface area contributed by atoms with Gasteiger partial charge >= 0.3 is 0 Å². The van der Waals surface area contributed by atoms with E-state index in [2.05, 4.69) is 4.90 Å². The molecule has 2 fully saturated rings. The summed E-state index contributed by atoms with van der Waals surface area (Å²) in [5.74, 6) is -0.0985. The van der Waals surface area contributed by atoms with Crippen LogP contribution < -0.4 is 0 Å². The normalized spacial score (nSPS) is 23.5. The highest BCUT2D eigenvalue weighted by Gasteiger charge is 2.31. The average Bonchev–Trinajstić information content (AvgIpc) is 3.23. The number of sulfone groups is 1. The van der Waals surface area contributed by atoms with Gasteiger partial charge in [-0.25, -0.2) is 8.42 Å². The molecular formula is C20H28N2O3S. The third-order valence-electron chi connectivity index (χ3n) is 6.17. The molecule has 2 saturated heterocycles. The van der Waals surface area contributed by atoms with Gasteiger partial charge in [-0.05, 0) is 68.3 Å². The van der Waals surface area contributed by atoms with Crippen molar-refractivity contribution in [2.24, 2.45) is 0 Å². The molecule has 2 aliphatic heterocycles. The van der Waals surface area contributed by atoms with Crippen molar-refractivity contribution in [3.63, 3.8) is 0 Å². The average molecular weight is 377 g/mol. The van der Waals surface area contributed by atoms with Gasteiger partial charge in [0.15, 0.2) is 9.84 Å². The lowest BCUT2D eigenvalue weighted by molar-refractivity contribution is -0.131. The van der Waals surface area contributed by atoms with E-state index in [0.717, 1.165) is 63.8 Å². The highest BCUT2D eigenvalue weighted by molar-refractivity contribution is 7.91. The fourth-order valence-electron chi connectivity index (χ4n) is 4.67. The van der Waals surface area contributed by atoms with Crippen LogP contribution in [0.2, 0.25) is 0 Å². The SMILES string of the molecule is O=C(CCS(=O)(=O)c1ccc2c(c1)CCC2)N1CCCN2CCCC2C1. The molecular weight excluding hydrogens is 348 g/mol. The molecule has 142 valence electrons. The van der Waals surface area contributed by atoms with Crippen LogP contribution in [0.15, 0.2) is 23.1 Å². The molecule has 0 saturated carbocycles. The van der Waals surface area contributed by atoms with Gasteiger partial charge < -0.3 is 4.90 Å². The molecule has 5 nitrogen and oxygen atoms in total. The number of hydrogen-bond donors (Lipinski definition) is 0. The van der Waals surface area contributed by atoms with E-state index in [1.807, 2.05) is 17.0 Å². The van der Waals surface area contributed by atoms with Gasteiger partial charge in [0.2, 0.25) is 5.91 Å². The van der Waals surface area contributed by atoms with E-state index >= 15 is 0 Å². The monoisotopic (exact) mass is 376 g/mol. The maximum atomic E-state index is 12.7. The van der Waals surface area contributed by atoms with E-state index in [1.165, 1.54) is 12.0 Å². The minimum absolute atomic E-state index is 0.0107. The molecule has 0 spiro atoms. The second-order valence-corrected chi connectivity index (χ2v) is 9.99. The molecule has 1 amide bonds. The first-order valence-corrected chi connectivity index (χ1v) is 11.5. The Morgan fingerprint density at radius 3 is 2.73 bits per heavy atom. The summed E-state index contributed by atoms with van der Waals surface area (Å²) in [6.07, 6.45) is 6.54. The number of amides is 1. The van der Waals surface area contributed by atoms with Crippen LogP contribution >= 0.6 is 0 Å². The van der Waals surface area contributed by atoms with Gasteiger partial charge in [0, 0.05) is 32.1 Å². The zero-order chi connectivity index (χ0) is 18.1. The van der Waals surface area contributed by atoms with Crippen LogP contribution in [-0.2, 0) is 27.5 Å². The van der Waals surface area contributed by atoms with Crippen LogP contribution in [0.25, 0.3) is 0 Å². The second-order valence-electron chi connectivity index (χ2n) is 7.88. The van der Waals surface area contributed by atoms with Gasteiger partial charge in [-0.3, -0.25) is 9.69 Å². The van der Waals surface area contributed by atoms with Crippen molar-refractivity contribution in [1.29, 1.82) is 0 Å². The van der Waals surface area contributed by atoms with Crippen LogP contribution in [0.4, 0.5) is 0 Å². The summed E-state index contributed by atoms with van der Waals surface area (Å²) in [5.41, 5.74) is 2.43. The number of carbonyl (C=O) groups is 1. The Hall–Kier alpha value is -1.40. The molecule has 0 N–H and O–H groups in total. The van der Waals surface area contributed by atoms with Crippen molar-refractivity contribution in [2.75, 3.05) is 31.9 Å². The fraction of sp³-hybridized carbons (Fsp3) is 0.650. The van der Waals surface area contributed by atoms with Crippen molar-refractivity contribution in [3.8, 4) is 0 Å². The number of hydrogen-bond acceptors (Lipinski definition) is 4. The Kier molecular flexibility index (Phi) is 5.06. The Balaban J connectivity index is 1.38. The highest BCUT2D eigenvalue weighted by atomic mass is 32.2. The fourth-order valence-corrected chi connectivity index (χ4v) is 5.95. The van der Waals surface area contributed by atoms with Gasteiger partial charge in [0.25, 0.3) is 0 Å².